The van der Waals surface area contributed by atoms with E-state index in [1.54, 1.807) is 0 Å². The second kappa shape index (κ2) is 5.22. The van der Waals surface area contributed by atoms with Gasteiger partial charge in [-0.2, -0.15) is 0 Å². The van der Waals surface area contributed by atoms with Gasteiger partial charge in [0.05, 0.1) is 11.2 Å². The van der Waals surface area contributed by atoms with Crippen LogP contribution in [0.2, 0.25) is 0 Å². The maximum absolute atomic E-state index is 6.08. The summed E-state index contributed by atoms with van der Waals surface area (Å²) in [5.41, 5.74) is 3.72. The van der Waals surface area contributed by atoms with Gasteiger partial charge in [0.25, 0.3) is 0 Å². The highest BCUT2D eigenvalue weighted by molar-refractivity contribution is 6.62. The zero-order chi connectivity index (χ0) is 16.0. The van der Waals surface area contributed by atoms with Crippen LogP contribution in [0.4, 0.5) is 0 Å². The van der Waals surface area contributed by atoms with E-state index in [1.165, 1.54) is 0 Å². The molecule has 0 bridgehead atoms. The summed E-state index contributed by atoms with van der Waals surface area (Å²) in [5.74, 6) is 0. The summed E-state index contributed by atoms with van der Waals surface area (Å²) in [6.45, 7) is 10.3. The molecule has 3 rings (SSSR count). The van der Waals surface area contributed by atoms with Crippen LogP contribution in [-0.4, -0.2) is 23.3 Å². The van der Waals surface area contributed by atoms with Gasteiger partial charge in [-0.3, -0.25) is 4.98 Å². The van der Waals surface area contributed by atoms with Crippen LogP contribution < -0.4 is 5.46 Å². The van der Waals surface area contributed by atoms with Crippen LogP contribution in [0.15, 0.2) is 42.6 Å². The Labute approximate surface area is 132 Å². The van der Waals surface area contributed by atoms with Gasteiger partial charge in [-0.1, -0.05) is 30.3 Å². The lowest BCUT2D eigenvalue weighted by atomic mass is 9.78. The lowest BCUT2D eigenvalue weighted by Crippen LogP contribution is -2.41. The van der Waals surface area contributed by atoms with E-state index in [2.05, 4.69) is 63.0 Å². The van der Waals surface area contributed by atoms with Gasteiger partial charge in [-0.25, -0.2) is 0 Å². The zero-order valence-electron chi connectivity index (χ0n) is 13.9. The third-order valence-corrected chi connectivity index (χ3v) is 4.68. The molecule has 1 aliphatic heterocycles. The lowest BCUT2D eigenvalue weighted by Gasteiger charge is -2.32. The van der Waals surface area contributed by atoms with E-state index < -0.39 is 0 Å². The topological polar surface area (TPSA) is 31.4 Å². The smallest absolute Gasteiger partial charge is 0.399 e. The summed E-state index contributed by atoms with van der Waals surface area (Å²) in [7, 11) is -0.310. The average Bonchev–Trinajstić information content (AvgIpc) is 2.68. The van der Waals surface area contributed by atoms with Crippen molar-refractivity contribution in [2.75, 3.05) is 0 Å². The molecule has 0 atom stereocenters. The van der Waals surface area contributed by atoms with E-state index in [9.17, 15) is 0 Å². The molecule has 1 aromatic carbocycles. The van der Waals surface area contributed by atoms with Crippen LogP contribution in [-0.2, 0) is 9.31 Å². The summed E-state index contributed by atoms with van der Waals surface area (Å²) in [6.07, 6.45) is 1.90. The third kappa shape index (κ3) is 2.69. The highest BCUT2D eigenvalue weighted by Gasteiger charge is 2.51. The van der Waals surface area contributed by atoms with E-state index in [0.717, 1.165) is 22.3 Å². The van der Waals surface area contributed by atoms with Crippen molar-refractivity contribution in [2.45, 2.75) is 45.8 Å². The van der Waals surface area contributed by atoms with E-state index in [1.807, 2.05) is 19.2 Å². The molecule has 0 N–H and O–H groups in total. The van der Waals surface area contributed by atoms with Gasteiger partial charge in [0.15, 0.2) is 0 Å². The molecule has 3 nitrogen and oxygen atoms in total. The fourth-order valence-corrected chi connectivity index (χ4v) is 2.45. The first kappa shape index (κ1) is 15.3. The van der Waals surface area contributed by atoms with E-state index in [0.29, 0.717) is 0 Å². The molecule has 1 aliphatic rings. The van der Waals surface area contributed by atoms with Crippen molar-refractivity contribution in [3.05, 3.63) is 48.3 Å². The Hall–Kier alpha value is -1.65. The molecule has 1 aromatic heterocycles. The molecule has 0 radical (unpaired) electrons. The normalized spacial score (nSPS) is 19.4. The fraction of sp³-hybridized carbons (Fsp3) is 0.389. The monoisotopic (exact) mass is 295 g/mol. The third-order valence-electron chi connectivity index (χ3n) is 4.68. The molecule has 22 heavy (non-hydrogen) atoms. The summed E-state index contributed by atoms with van der Waals surface area (Å²) < 4.78 is 12.2. The molecule has 2 heterocycles. The number of hydrogen-bond donors (Lipinski definition) is 0. The predicted octanol–water partition coefficient (Wildman–Crippen LogP) is 3.36. The van der Waals surface area contributed by atoms with Crippen molar-refractivity contribution in [3.8, 4) is 11.1 Å². The Kier molecular flexibility index (Phi) is 3.62. The van der Waals surface area contributed by atoms with Crippen molar-refractivity contribution in [2.24, 2.45) is 0 Å². The first-order chi connectivity index (χ1) is 10.3. The van der Waals surface area contributed by atoms with Crippen LogP contribution >= 0.6 is 0 Å². The SMILES string of the molecule is Cc1ccc(-c2ccc(B3OC(C)(C)C(C)(C)O3)cc2)cn1. The van der Waals surface area contributed by atoms with Crippen molar-refractivity contribution >= 4 is 12.6 Å². The molecule has 0 saturated carbocycles. The second-order valence-electron chi connectivity index (χ2n) is 6.90. The number of hydrogen-bond acceptors (Lipinski definition) is 3. The number of pyridine rings is 1. The zero-order valence-corrected chi connectivity index (χ0v) is 13.9. The van der Waals surface area contributed by atoms with Crippen molar-refractivity contribution in [3.63, 3.8) is 0 Å². The summed E-state index contributed by atoms with van der Waals surface area (Å²) in [4.78, 5) is 4.34. The largest absolute Gasteiger partial charge is 0.494 e. The minimum absolute atomic E-state index is 0.308. The van der Waals surface area contributed by atoms with E-state index >= 15 is 0 Å². The van der Waals surface area contributed by atoms with Crippen LogP contribution in [0.3, 0.4) is 0 Å². The number of rotatable bonds is 2. The predicted molar refractivity (Wildman–Crippen MR) is 90.1 cm³/mol. The van der Waals surface area contributed by atoms with Gasteiger partial charge in [0.1, 0.15) is 0 Å². The maximum atomic E-state index is 6.08. The van der Waals surface area contributed by atoms with Crippen molar-refractivity contribution < 1.29 is 9.31 Å². The Bertz CT molecular complexity index is 646. The molecule has 0 aliphatic carbocycles. The van der Waals surface area contributed by atoms with E-state index in [-0.39, 0.29) is 18.3 Å². The Morgan fingerprint density at radius 2 is 1.36 bits per heavy atom. The minimum Gasteiger partial charge on any atom is -0.399 e. The van der Waals surface area contributed by atoms with E-state index in [4.69, 9.17) is 9.31 Å². The second-order valence-corrected chi connectivity index (χ2v) is 6.90. The Morgan fingerprint density at radius 1 is 0.818 bits per heavy atom. The number of aromatic nitrogens is 1. The average molecular weight is 295 g/mol. The van der Waals surface area contributed by atoms with Gasteiger partial charge in [-0.15, -0.1) is 0 Å². The number of aryl methyl sites for hydroxylation is 1. The maximum Gasteiger partial charge on any atom is 0.494 e. The van der Waals surface area contributed by atoms with Gasteiger partial charge in [0.2, 0.25) is 0 Å². The summed E-state index contributed by atoms with van der Waals surface area (Å²) >= 11 is 0. The molecule has 0 unspecified atom stereocenters. The first-order valence-corrected chi connectivity index (χ1v) is 7.67. The quantitative estimate of drug-likeness (QED) is 0.796. The van der Waals surface area contributed by atoms with Crippen LogP contribution in [0.5, 0.6) is 0 Å². The highest BCUT2D eigenvalue weighted by Crippen LogP contribution is 2.36. The first-order valence-electron chi connectivity index (χ1n) is 7.67. The van der Waals surface area contributed by atoms with Crippen molar-refractivity contribution in [1.82, 2.24) is 4.98 Å². The highest BCUT2D eigenvalue weighted by atomic mass is 16.7. The molecule has 2 aromatic rings. The lowest BCUT2D eigenvalue weighted by molar-refractivity contribution is 0.00578. The number of nitrogens with zero attached hydrogens (tertiary/aromatic N) is 1. The standard InChI is InChI=1S/C18H22BNO2/c1-13-6-7-15(12-20-13)14-8-10-16(11-9-14)19-21-17(2,3)18(4,5)22-19/h6-12H,1-5H3. The molecule has 4 heteroatoms. The van der Waals surface area contributed by atoms with Gasteiger partial charge in [0, 0.05) is 17.5 Å². The van der Waals surface area contributed by atoms with Crippen molar-refractivity contribution in [1.29, 1.82) is 0 Å². The van der Waals surface area contributed by atoms with Gasteiger partial charge in [-0.05, 0) is 51.7 Å². The summed E-state index contributed by atoms with van der Waals surface area (Å²) in [5, 5.41) is 0. The molecular weight excluding hydrogens is 273 g/mol. The van der Waals surface area contributed by atoms with Crippen LogP contribution in [0.25, 0.3) is 11.1 Å². The molecule has 0 spiro atoms. The molecular formula is C18H22BNO2. The molecule has 0 amide bonds. The van der Waals surface area contributed by atoms with Crippen LogP contribution in [0.1, 0.15) is 33.4 Å². The van der Waals surface area contributed by atoms with Gasteiger partial charge >= 0.3 is 7.12 Å². The summed E-state index contributed by atoms with van der Waals surface area (Å²) in [6, 6.07) is 12.4. The fourth-order valence-electron chi connectivity index (χ4n) is 2.45. The minimum atomic E-state index is -0.310. The molecule has 1 saturated heterocycles. The van der Waals surface area contributed by atoms with Crippen LogP contribution in [0, 0.1) is 6.92 Å². The van der Waals surface area contributed by atoms with Gasteiger partial charge < -0.3 is 9.31 Å². The Morgan fingerprint density at radius 3 is 1.86 bits per heavy atom. The Balaban J connectivity index is 1.82. The molecule has 1 fully saturated rings. The molecule has 114 valence electrons. The number of benzene rings is 1.